The molecular weight excluding hydrogens is 156 g/mol. The molecule has 0 aliphatic heterocycles. The molecule has 4 nitrogen and oxygen atoms in total. The number of nitrogens with one attached hydrogen (secondary N) is 1. The van der Waals surface area contributed by atoms with Crippen molar-refractivity contribution in [3.05, 3.63) is 0 Å². The number of hydrogen-bond donors (Lipinski definition) is 3. The summed E-state index contributed by atoms with van der Waals surface area (Å²) in [5.74, 6) is -0.357. The van der Waals surface area contributed by atoms with E-state index in [1.165, 1.54) is 0 Å². The summed E-state index contributed by atoms with van der Waals surface area (Å²) in [5, 5.41) is 11.8. The lowest BCUT2D eigenvalue weighted by atomic mass is 10.1. The van der Waals surface area contributed by atoms with Crippen LogP contribution in [0.4, 0.5) is 0 Å². The van der Waals surface area contributed by atoms with Crippen molar-refractivity contribution < 1.29 is 9.90 Å². The van der Waals surface area contributed by atoms with Gasteiger partial charge in [0, 0.05) is 6.04 Å². The van der Waals surface area contributed by atoms with Crippen LogP contribution in [0.1, 0.15) is 26.7 Å². The maximum atomic E-state index is 10.8. The standard InChI is InChI=1S/C8H18N2O2/c1-3-6(5-11)10-7(4-2)8(9)12/h6-7,10-11H,3-5H2,1-2H3,(H2,9,12). The van der Waals surface area contributed by atoms with Gasteiger partial charge in [-0.1, -0.05) is 13.8 Å². The van der Waals surface area contributed by atoms with Crippen LogP contribution in [-0.2, 0) is 4.79 Å². The van der Waals surface area contributed by atoms with Gasteiger partial charge in [0.2, 0.25) is 5.91 Å². The van der Waals surface area contributed by atoms with Crippen LogP contribution in [-0.4, -0.2) is 29.7 Å². The van der Waals surface area contributed by atoms with Gasteiger partial charge in [0.15, 0.2) is 0 Å². The molecule has 0 aromatic carbocycles. The molecule has 4 heteroatoms. The summed E-state index contributed by atoms with van der Waals surface area (Å²) in [4.78, 5) is 10.8. The van der Waals surface area contributed by atoms with Crippen LogP contribution in [0.3, 0.4) is 0 Å². The van der Waals surface area contributed by atoms with Gasteiger partial charge in [-0.15, -0.1) is 0 Å². The third-order valence-corrected chi connectivity index (χ3v) is 1.90. The Morgan fingerprint density at radius 1 is 1.50 bits per heavy atom. The molecule has 0 fully saturated rings. The molecule has 2 unspecified atom stereocenters. The van der Waals surface area contributed by atoms with Crippen LogP contribution in [0.2, 0.25) is 0 Å². The van der Waals surface area contributed by atoms with Gasteiger partial charge in [0.25, 0.3) is 0 Å². The molecule has 12 heavy (non-hydrogen) atoms. The number of aliphatic hydroxyl groups excluding tert-OH is 1. The van der Waals surface area contributed by atoms with Crippen molar-refractivity contribution in [1.82, 2.24) is 5.32 Å². The highest BCUT2D eigenvalue weighted by atomic mass is 16.3. The second-order valence-corrected chi connectivity index (χ2v) is 2.82. The molecule has 0 aliphatic rings. The van der Waals surface area contributed by atoms with E-state index in [2.05, 4.69) is 5.32 Å². The molecule has 0 bridgehead atoms. The highest BCUT2D eigenvalue weighted by Gasteiger charge is 2.15. The summed E-state index contributed by atoms with van der Waals surface area (Å²) in [6.07, 6.45) is 1.45. The van der Waals surface area contributed by atoms with Crippen molar-refractivity contribution in [2.24, 2.45) is 5.73 Å². The fourth-order valence-corrected chi connectivity index (χ4v) is 0.985. The van der Waals surface area contributed by atoms with Crippen LogP contribution in [0.15, 0.2) is 0 Å². The highest BCUT2D eigenvalue weighted by molar-refractivity contribution is 5.79. The Kier molecular flexibility index (Phi) is 5.66. The van der Waals surface area contributed by atoms with E-state index in [1.54, 1.807) is 0 Å². The average molecular weight is 174 g/mol. The van der Waals surface area contributed by atoms with Gasteiger partial charge in [-0.05, 0) is 12.8 Å². The minimum absolute atomic E-state index is 0.0255. The van der Waals surface area contributed by atoms with Gasteiger partial charge >= 0.3 is 0 Å². The largest absolute Gasteiger partial charge is 0.395 e. The Bertz CT molecular complexity index is 135. The topological polar surface area (TPSA) is 75.3 Å². The predicted molar refractivity (Wildman–Crippen MR) is 47.6 cm³/mol. The van der Waals surface area contributed by atoms with Crippen molar-refractivity contribution in [1.29, 1.82) is 0 Å². The van der Waals surface area contributed by atoms with Crippen molar-refractivity contribution in [2.75, 3.05) is 6.61 Å². The molecule has 72 valence electrons. The summed E-state index contributed by atoms with van der Waals surface area (Å²) in [6, 6.07) is -0.343. The Morgan fingerprint density at radius 3 is 2.33 bits per heavy atom. The van der Waals surface area contributed by atoms with Gasteiger partial charge in [-0.3, -0.25) is 4.79 Å². The number of carbonyl (C=O) groups excluding carboxylic acids is 1. The maximum Gasteiger partial charge on any atom is 0.234 e. The summed E-state index contributed by atoms with van der Waals surface area (Å²) in [5.41, 5.74) is 5.12. The normalized spacial score (nSPS) is 15.6. The highest BCUT2D eigenvalue weighted by Crippen LogP contribution is 1.95. The Hall–Kier alpha value is -0.610. The van der Waals surface area contributed by atoms with E-state index in [-0.39, 0.29) is 24.6 Å². The van der Waals surface area contributed by atoms with E-state index < -0.39 is 0 Å². The van der Waals surface area contributed by atoms with Crippen molar-refractivity contribution >= 4 is 5.91 Å². The molecule has 0 rings (SSSR count). The van der Waals surface area contributed by atoms with E-state index in [9.17, 15) is 4.79 Å². The average Bonchev–Trinajstić information content (AvgIpc) is 2.06. The van der Waals surface area contributed by atoms with Crippen LogP contribution in [0.25, 0.3) is 0 Å². The molecule has 0 saturated heterocycles. The third-order valence-electron chi connectivity index (χ3n) is 1.90. The zero-order chi connectivity index (χ0) is 9.56. The first-order chi connectivity index (χ1) is 5.65. The van der Waals surface area contributed by atoms with Crippen molar-refractivity contribution in [3.8, 4) is 0 Å². The van der Waals surface area contributed by atoms with E-state index in [4.69, 9.17) is 10.8 Å². The lowest BCUT2D eigenvalue weighted by Gasteiger charge is -2.19. The molecule has 0 aliphatic carbocycles. The van der Waals surface area contributed by atoms with Crippen LogP contribution < -0.4 is 11.1 Å². The first-order valence-corrected chi connectivity index (χ1v) is 4.31. The van der Waals surface area contributed by atoms with Crippen molar-refractivity contribution in [2.45, 2.75) is 38.8 Å². The van der Waals surface area contributed by atoms with E-state index in [0.717, 1.165) is 6.42 Å². The molecule has 0 saturated carbocycles. The molecule has 4 N–H and O–H groups in total. The lowest BCUT2D eigenvalue weighted by molar-refractivity contribution is -0.120. The minimum atomic E-state index is -0.357. The van der Waals surface area contributed by atoms with E-state index in [1.807, 2.05) is 13.8 Å². The van der Waals surface area contributed by atoms with Crippen molar-refractivity contribution in [3.63, 3.8) is 0 Å². The zero-order valence-electron chi connectivity index (χ0n) is 7.71. The second-order valence-electron chi connectivity index (χ2n) is 2.82. The van der Waals surface area contributed by atoms with E-state index >= 15 is 0 Å². The smallest absolute Gasteiger partial charge is 0.234 e. The van der Waals surface area contributed by atoms with Crippen LogP contribution in [0.5, 0.6) is 0 Å². The van der Waals surface area contributed by atoms with Gasteiger partial charge in [-0.2, -0.15) is 0 Å². The number of carbonyl (C=O) groups is 1. The Balaban J connectivity index is 3.91. The predicted octanol–water partition coefficient (Wildman–Crippen LogP) is -0.389. The number of hydrogen-bond acceptors (Lipinski definition) is 3. The summed E-state index contributed by atoms with van der Waals surface area (Å²) >= 11 is 0. The lowest BCUT2D eigenvalue weighted by Crippen LogP contribution is -2.47. The number of amides is 1. The quantitative estimate of drug-likeness (QED) is 0.513. The molecule has 2 atom stereocenters. The van der Waals surface area contributed by atoms with E-state index in [0.29, 0.717) is 6.42 Å². The van der Waals surface area contributed by atoms with Gasteiger partial charge in [0.05, 0.1) is 12.6 Å². The molecule has 0 heterocycles. The summed E-state index contributed by atoms with van der Waals surface area (Å²) in [6.45, 7) is 3.87. The summed E-state index contributed by atoms with van der Waals surface area (Å²) < 4.78 is 0. The Morgan fingerprint density at radius 2 is 2.08 bits per heavy atom. The minimum Gasteiger partial charge on any atom is -0.395 e. The molecule has 0 spiro atoms. The van der Waals surface area contributed by atoms with Gasteiger partial charge < -0.3 is 16.2 Å². The number of nitrogens with two attached hydrogens (primary N) is 1. The number of aliphatic hydroxyl groups is 1. The number of primary amides is 1. The Labute approximate surface area is 73.1 Å². The monoisotopic (exact) mass is 174 g/mol. The molecule has 1 amide bonds. The number of rotatable bonds is 6. The molecular formula is C8H18N2O2. The summed E-state index contributed by atoms with van der Waals surface area (Å²) in [7, 11) is 0. The SMILES string of the molecule is CCC(CO)NC(CC)C(N)=O. The third kappa shape index (κ3) is 3.69. The first kappa shape index (κ1) is 11.4. The molecule has 0 aromatic rings. The zero-order valence-corrected chi connectivity index (χ0v) is 7.71. The van der Waals surface area contributed by atoms with Gasteiger partial charge in [-0.25, -0.2) is 0 Å². The fraction of sp³-hybridized carbons (Fsp3) is 0.875. The first-order valence-electron chi connectivity index (χ1n) is 4.31. The van der Waals surface area contributed by atoms with Gasteiger partial charge in [0.1, 0.15) is 0 Å². The molecule has 0 aromatic heterocycles. The molecule has 0 radical (unpaired) electrons. The second kappa shape index (κ2) is 5.97. The fourth-order valence-electron chi connectivity index (χ4n) is 0.985. The van der Waals surface area contributed by atoms with Crippen LogP contribution in [0, 0.1) is 0 Å². The maximum absolute atomic E-state index is 10.8. The van der Waals surface area contributed by atoms with Crippen LogP contribution >= 0.6 is 0 Å².